The van der Waals surface area contributed by atoms with E-state index in [9.17, 15) is 4.79 Å². The molecule has 2 N–H and O–H groups in total. The van der Waals surface area contributed by atoms with Gasteiger partial charge in [0.1, 0.15) is 12.4 Å². The summed E-state index contributed by atoms with van der Waals surface area (Å²) < 4.78 is 6.00. The molecule has 1 amide bonds. The Bertz CT molecular complexity index is 984. The third kappa shape index (κ3) is 5.91. The fourth-order valence-corrected chi connectivity index (χ4v) is 3.27. The number of halogens is 2. The van der Waals surface area contributed by atoms with Crippen LogP contribution in [0.2, 0.25) is 10.0 Å². The van der Waals surface area contributed by atoms with E-state index < -0.39 is 0 Å². The number of carbonyl (C=O) groups is 1. The molecule has 3 rings (SSSR count). The van der Waals surface area contributed by atoms with E-state index in [0.717, 1.165) is 28.3 Å². The zero-order valence-corrected chi connectivity index (χ0v) is 18.4. The van der Waals surface area contributed by atoms with Crippen LogP contribution in [-0.4, -0.2) is 5.91 Å². The molecular weight excluding hydrogens is 419 g/mol. The second-order valence-corrected chi connectivity index (χ2v) is 7.99. The third-order valence-electron chi connectivity index (χ3n) is 4.57. The quantitative estimate of drug-likeness (QED) is 0.404. The highest BCUT2D eigenvalue weighted by atomic mass is 35.5. The van der Waals surface area contributed by atoms with E-state index >= 15 is 0 Å². The lowest BCUT2D eigenvalue weighted by Gasteiger charge is -2.14. The van der Waals surface area contributed by atoms with Crippen LogP contribution in [0.4, 0.5) is 11.4 Å². The largest absolute Gasteiger partial charge is 0.488 e. The van der Waals surface area contributed by atoms with Crippen LogP contribution in [0.5, 0.6) is 5.75 Å². The van der Waals surface area contributed by atoms with Crippen LogP contribution in [-0.2, 0) is 17.9 Å². The number of amides is 1. The van der Waals surface area contributed by atoms with Gasteiger partial charge >= 0.3 is 0 Å². The second-order valence-electron chi connectivity index (χ2n) is 7.17. The monoisotopic (exact) mass is 442 g/mol. The molecule has 0 spiro atoms. The number of benzene rings is 3. The predicted molar refractivity (Wildman–Crippen MR) is 124 cm³/mol. The van der Waals surface area contributed by atoms with E-state index in [1.807, 2.05) is 68.4 Å². The normalized spacial score (nSPS) is 10.7. The van der Waals surface area contributed by atoms with Crippen LogP contribution in [0.3, 0.4) is 0 Å². The van der Waals surface area contributed by atoms with Crippen molar-refractivity contribution in [2.45, 2.75) is 27.0 Å². The van der Waals surface area contributed by atoms with Crippen molar-refractivity contribution in [2.24, 2.45) is 5.92 Å². The highest BCUT2D eigenvalue weighted by Gasteiger charge is 2.09. The summed E-state index contributed by atoms with van der Waals surface area (Å²) in [6.45, 7) is 4.61. The first-order valence-electron chi connectivity index (χ1n) is 9.72. The molecule has 0 unspecified atom stereocenters. The maximum absolute atomic E-state index is 11.8. The van der Waals surface area contributed by atoms with Crippen molar-refractivity contribution < 1.29 is 9.53 Å². The third-order valence-corrected chi connectivity index (χ3v) is 5.27. The number of ether oxygens (including phenoxy) is 1. The fraction of sp³-hybridized carbons (Fsp3) is 0.208. The minimum atomic E-state index is -0.0556. The highest BCUT2D eigenvalue weighted by Crippen LogP contribution is 2.27. The topological polar surface area (TPSA) is 50.4 Å². The number of rotatable bonds is 8. The molecule has 6 heteroatoms. The number of carbonyl (C=O) groups excluding carboxylic acids is 1. The molecular formula is C24H24Cl2N2O2. The molecule has 0 aliphatic heterocycles. The van der Waals surface area contributed by atoms with Crippen LogP contribution >= 0.6 is 23.2 Å². The van der Waals surface area contributed by atoms with Gasteiger partial charge in [0.15, 0.2) is 0 Å². The van der Waals surface area contributed by atoms with Gasteiger partial charge in [-0.3, -0.25) is 4.79 Å². The lowest BCUT2D eigenvalue weighted by Crippen LogP contribution is -2.17. The Balaban J connectivity index is 1.62. The summed E-state index contributed by atoms with van der Waals surface area (Å²) in [5.41, 5.74) is 3.50. The van der Waals surface area contributed by atoms with E-state index in [1.54, 1.807) is 12.1 Å². The van der Waals surface area contributed by atoms with Crippen LogP contribution in [0, 0.1) is 5.92 Å². The van der Waals surface area contributed by atoms with Crippen LogP contribution in [0.15, 0.2) is 66.7 Å². The predicted octanol–water partition coefficient (Wildman–Crippen LogP) is 6.78. The zero-order valence-electron chi connectivity index (χ0n) is 16.9. The molecule has 3 aromatic rings. The van der Waals surface area contributed by atoms with E-state index in [0.29, 0.717) is 23.2 Å². The Kier molecular flexibility index (Phi) is 7.61. The Hall–Kier alpha value is -2.69. The Morgan fingerprint density at radius 2 is 1.53 bits per heavy atom. The molecule has 156 valence electrons. The summed E-state index contributed by atoms with van der Waals surface area (Å²) in [5, 5.41) is 7.44. The van der Waals surface area contributed by atoms with Crippen molar-refractivity contribution in [3.8, 4) is 5.75 Å². The SMILES string of the molecule is CC(C)C(=O)Nc1ccc(NCc2ccccc2OCc2c(Cl)cccc2Cl)cc1. The van der Waals surface area contributed by atoms with Crippen molar-refractivity contribution in [1.29, 1.82) is 0 Å². The van der Waals surface area contributed by atoms with Crippen LogP contribution in [0.25, 0.3) is 0 Å². The molecule has 0 saturated carbocycles. The average Bonchev–Trinajstić information content (AvgIpc) is 2.73. The van der Waals surface area contributed by atoms with Crippen LogP contribution in [0.1, 0.15) is 25.0 Å². The van der Waals surface area contributed by atoms with E-state index in [2.05, 4.69) is 10.6 Å². The van der Waals surface area contributed by atoms with E-state index in [4.69, 9.17) is 27.9 Å². The summed E-state index contributed by atoms with van der Waals surface area (Å²) >= 11 is 12.5. The highest BCUT2D eigenvalue weighted by molar-refractivity contribution is 6.35. The number of nitrogens with one attached hydrogen (secondary N) is 2. The molecule has 0 atom stereocenters. The second kappa shape index (κ2) is 10.4. The van der Waals surface area contributed by atoms with Gasteiger partial charge in [-0.25, -0.2) is 0 Å². The molecule has 30 heavy (non-hydrogen) atoms. The van der Waals surface area contributed by atoms with Gasteiger partial charge < -0.3 is 15.4 Å². The molecule has 0 bridgehead atoms. The van der Waals surface area contributed by atoms with Crippen molar-refractivity contribution >= 4 is 40.5 Å². The first-order chi connectivity index (χ1) is 14.4. The van der Waals surface area contributed by atoms with Crippen molar-refractivity contribution in [3.05, 3.63) is 87.9 Å². The molecule has 0 radical (unpaired) electrons. The van der Waals surface area contributed by atoms with Gasteiger partial charge in [-0.15, -0.1) is 0 Å². The first kappa shape index (κ1) is 22.0. The van der Waals surface area contributed by atoms with Crippen LogP contribution < -0.4 is 15.4 Å². The molecule has 0 fully saturated rings. The lowest BCUT2D eigenvalue weighted by atomic mass is 10.2. The van der Waals surface area contributed by atoms with E-state index in [-0.39, 0.29) is 11.8 Å². The van der Waals surface area contributed by atoms with Gasteiger partial charge in [-0.05, 0) is 42.5 Å². The average molecular weight is 443 g/mol. The summed E-state index contributed by atoms with van der Waals surface area (Å²) in [6.07, 6.45) is 0. The summed E-state index contributed by atoms with van der Waals surface area (Å²) in [7, 11) is 0. The number of anilines is 2. The lowest BCUT2D eigenvalue weighted by molar-refractivity contribution is -0.118. The molecule has 0 heterocycles. The zero-order chi connectivity index (χ0) is 21.5. The van der Waals surface area contributed by atoms with Crippen molar-refractivity contribution in [3.63, 3.8) is 0 Å². The smallest absolute Gasteiger partial charge is 0.226 e. The molecule has 0 aliphatic rings. The molecule has 0 saturated heterocycles. The Morgan fingerprint density at radius 1 is 0.900 bits per heavy atom. The van der Waals surface area contributed by atoms with Gasteiger partial charge in [0.05, 0.1) is 0 Å². The summed E-state index contributed by atoms with van der Waals surface area (Å²) in [4.78, 5) is 11.8. The maximum atomic E-state index is 11.8. The van der Waals surface area contributed by atoms with Crippen molar-refractivity contribution in [2.75, 3.05) is 10.6 Å². The Labute approximate surface area is 187 Å². The molecule has 0 aliphatic carbocycles. The number of para-hydroxylation sites is 1. The number of hydrogen-bond donors (Lipinski definition) is 2. The maximum Gasteiger partial charge on any atom is 0.226 e. The first-order valence-corrected chi connectivity index (χ1v) is 10.5. The van der Waals surface area contributed by atoms with Gasteiger partial charge in [0.2, 0.25) is 5.91 Å². The van der Waals surface area contributed by atoms with Gasteiger partial charge in [0, 0.05) is 45.0 Å². The minimum absolute atomic E-state index is 0.000378. The standard InChI is InChI=1S/C24H24Cl2N2O2/c1-16(2)24(29)28-19-12-10-18(11-13-19)27-14-17-6-3-4-9-23(17)30-15-20-21(25)7-5-8-22(20)26/h3-13,16,27H,14-15H2,1-2H3,(H,28,29). The number of hydrogen-bond acceptors (Lipinski definition) is 3. The summed E-state index contributed by atoms with van der Waals surface area (Å²) in [5.74, 6) is 0.710. The van der Waals surface area contributed by atoms with Gasteiger partial charge in [-0.1, -0.05) is 61.3 Å². The molecule has 0 aromatic heterocycles. The Morgan fingerprint density at radius 3 is 2.20 bits per heavy atom. The van der Waals surface area contributed by atoms with E-state index in [1.165, 1.54) is 0 Å². The van der Waals surface area contributed by atoms with Gasteiger partial charge in [0.25, 0.3) is 0 Å². The summed E-state index contributed by atoms with van der Waals surface area (Å²) in [6, 6.07) is 20.9. The van der Waals surface area contributed by atoms with Crippen molar-refractivity contribution in [1.82, 2.24) is 0 Å². The molecule has 3 aromatic carbocycles. The fourth-order valence-electron chi connectivity index (χ4n) is 2.77. The minimum Gasteiger partial charge on any atom is -0.488 e. The van der Waals surface area contributed by atoms with Gasteiger partial charge in [-0.2, -0.15) is 0 Å². The molecule has 4 nitrogen and oxygen atoms in total.